The lowest BCUT2D eigenvalue weighted by atomic mass is 9.96. The molecule has 2 aromatic heterocycles. The van der Waals surface area contributed by atoms with Gasteiger partial charge in [0.25, 0.3) is 0 Å². The Bertz CT molecular complexity index is 880. The summed E-state index contributed by atoms with van der Waals surface area (Å²) >= 11 is 0. The van der Waals surface area contributed by atoms with Crippen LogP contribution < -0.4 is 5.32 Å². The number of carbonyl (C=O) groups is 1. The molecule has 182 valence electrons. The molecule has 8 nitrogen and oxygen atoms in total. The second-order valence-electron chi connectivity index (χ2n) is 10.3. The molecule has 1 aliphatic heterocycles. The molecular formula is C24H40N6O2Si. The van der Waals surface area contributed by atoms with Gasteiger partial charge in [-0.1, -0.05) is 39.1 Å². The number of hydrogen-bond acceptors (Lipinski definition) is 6. The van der Waals surface area contributed by atoms with E-state index in [0.29, 0.717) is 12.5 Å². The third kappa shape index (κ3) is 7.72. The molecule has 2 atom stereocenters. The fourth-order valence-corrected chi connectivity index (χ4v) is 4.88. The Morgan fingerprint density at radius 2 is 2.12 bits per heavy atom. The Hall–Kier alpha value is -2.10. The summed E-state index contributed by atoms with van der Waals surface area (Å²) < 4.78 is 7.78. The molecule has 0 bridgehead atoms. The molecule has 0 radical (unpaired) electrons. The number of aromatic nitrogens is 4. The van der Waals surface area contributed by atoms with Crippen molar-refractivity contribution in [2.75, 3.05) is 25.0 Å². The number of nitrogens with one attached hydrogen (secondary N) is 1. The summed E-state index contributed by atoms with van der Waals surface area (Å²) in [6.45, 7) is 14.0. The lowest BCUT2D eigenvalue weighted by Crippen LogP contribution is -2.47. The maximum Gasteiger partial charge on any atom is 0.242 e. The van der Waals surface area contributed by atoms with Crippen molar-refractivity contribution in [3.63, 3.8) is 0 Å². The fraction of sp³-hybridized carbons (Fsp3) is 0.667. The fourth-order valence-electron chi connectivity index (χ4n) is 4.12. The maximum atomic E-state index is 12.9. The van der Waals surface area contributed by atoms with Crippen molar-refractivity contribution >= 4 is 19.8 Å². The highest BCUT2D eigenvalue weighted by atomic mass is 28.3. The largest absolute Gasteiger partial charge is 0.359 e. The van der Waals surface area contributed by atoms with Crippen LogP contribution >= 0.6 is 0 Å². The summed E-state index contributed by atoms with van der Waals surface area (Å²) in [5, 5.41) is 7.37. The number of amides is 1. The molecule has 3 heterocycles. The van der Waals surface area contributed by atoms with Gasteiger partial charge in [-0.2, -0.15) is 5.10 Å². The van der Waals surface area contributed by atoms with Crippen LogP contribution in [-0.4, -0.2) is 64.4 Å². The van der Waals surface area contributed by atoms with Gasteiger partial charge in [0.2, 0.25) is 5.91 Å². The molecule has 2 aromatic rings. The standard InChI is InChI=1S/C24H40N6O2Si/c1-6-8-20-10-11-22(25-15-20)28-24(31)19(2)29-12-7-9-21(16-29)23-26-17-27-30(23)18-32-13-14-33(3,4)5/h10-11,15,17,19,21H,6-9,12-14,16,18H2,1-5H3,(H,25,28,31)/t19-,21?/m0/s1. The van der Waals surface area contributed by atoms with Gasteiger partial charge in [0.15, 0.2) is 0 Å². The van der Waals surface area contributed by atoms with Crippen LogP contribution in [0.4, 0.5) is 5.82 Å². The zero-order valence-corrected chi connectivity index (χ0v) is 21.9. The Morgan fingerprint density at radius 1 is 1.30 bits per heavy atom. The normalized spacial score (nSPS) is 18.3. The van der Waals surface area contributed by atoms with Gasteiger partial charge in [0, 0.05) is 33.3 Å². The molecule has 3 rings (SSSR count). The van der Waals surface area contributed by atoms with Crippen LogP contribution in [0.15, 0.2) is 24.7 Å². The minimum atomic E-state index is -1.11. The highest BCUT2D eigenvalue weighted by molar-refractivity contribution is 6.76. The molecule has 1 saturated heterocycles. The number of piperidine rings is 1. The van der Waals surface area contributed by atoms with Crippen LogP contribution in [-0.2, 0) is 22.7 Å². The van der Waals surface area contributed by atoms with Crippen LogP contribution in [0.1, 0.15) is 50.4 Å². The molecule has 1 N–H and O–H groups in total. The summed E-state index contributed by atoms with van der Waals surface area (Å²) in [5.41, 5.74) is 1.19. The Balaban J connectivity index is 1.54. The SMILES string of the molecule is CCCc1ccc(NC(=O)[C@H](C)N2CCCC(c3ncnn3COCC[Si](C)(C)C)C2)nc1. The summed E-state index contributed by atoms with van der Waals surface area (Å²) in [5.74, 6) is 1.77. The number of nitrogens with zero attached hydrogens (tertiary/aromatic N) is 5. The van der Waals surface area contributed by atoms with E-state index in [1.54, 1.807) is 6.33 Å². The van der Waals surface area contributed by atoms with Gasteiger partial charge in [-0.3, -0.25) is 9.69 Å². The Kier molecular flexibility index (Phi) is 9.16. The van der Waals surface area contributed by atoms with Crippen molar-refractivity contribution in [3.8, 4) is 0 Å². The van der Waals surface area contributed by atoms with Crippen molar-refractivity contribution in [2.45, 2.75) is 83.9 Å². The number of anilines is 1. The number of likely N-dealkylation sites (tertiary alicyclic amines) is 1. The first-order chi connectivity index (χ1) is 15.8. The molecule has 0 spiro atoms. The van der Waals surface area contributed by atoms with Crippen LogP contribution in [0.25, 0.3) is 0 Å². The van der Waals surface area contributed by atoms with E-state index in [9.17, 15) is 4.79 Å². The Morgan fingerprint density at radius 3 is 2.82 bits per heavy atom. The van der Waals surface area contributed by atoms with E-state index in [2.05, 4.69) is 51.8 Å². The molecule has 33 heavy (non-hydrogen) atoms. The number of rotatable bonds is 11. The molecular weight excluding hydrogens is 432 g/mol. The van der Waals surface area contributed by atoms with E-state index in [0.717, 1.165) is 57.2 Å². The molecule has 9 heteroatoms. The lowest BCUT2D eigenvalue weighted by molar-refractivity contribution is -0.121. The van der Waals surface area contributed by atoms with Gasteiger partial charge in [0.1, 0.15) is 24.7 Å². The van der Waals surface area contributed by atoms with E-state index in [1.807, 2.05) is 29.9 Å². The third-order valence-corrected chi connectivity index (χ3v) is 7.92. The van der Waals surface area contributed by atoms with Crippen molar-refractivity contribution in [2.24, 2.45) is 0 Å². The second-order valence-corrected chi connectivity index (χ2v) is 15.9. The zero-order valence-electron chi connectivity index (χ0n) is 20.9. The minimum absolute atomic E-state index is 0.0254. The minimum Gasteiger partial charge on any atom is -0.359 e. The van der Waals surface area contributed by atoms with Crippen molar-refractivity contribution in [1.82, 2.24) is 24.6 Å². The topological polar surface area (TPSA) is 85.2 Å². The van der Waals surface area contributed by atoms with Crippen molar-refractivity contribution in [3.05, 3.63) is 36.0 Å². The number of pyridine rings is 1. The second kappa shape index (κ2) is 11.9. The Labute approximate surface area is 199 Å². The molecule has 1 fully saturated rings. The summed E-state index contributed by atoms with van der Waals surface area (Å²) in [6, 6.07) is 4.82. The van der Waals surface area contributed by atoms with Crippen LogP contribution in [0.2, 0.25) is 25.7 Å². The monoisotopic (exact) mass is 472 g/mol. The van der Waals surface area contributed by atoms with Gasteiger partial charge in [-0.05, 0) is 50.4 Å². The van der Waals surface area contributed by atoms with Gasteiger partial charge < -0.3 is 10.1 Å². The highest BCUT2D eigenvalue weighted by Gasteiger charge is 2.30. The average molecular weight is 473 g/mol. The zero-order chi connectivity index (χ0) is 23.8. The van der Waals surface area contributed by atoms with Crippen molar-refractivity contribution in [1.29, 1.82) is 0 Å². The summed E-state index contributed by atoms with van der Waals surface area (Å²) in [7, 11) is -1.11. The molecule has 0 aromatic carbocycles. The van der Waals surface area contributed by atoms with E-state index in [1.165, 1.54) is 5.56 Å². The van der Waals surface area contributed by atoms with Crippen molar-refractivity contribution < 1.29 is 9.53 Å². The lowest BCUT2D eigenvalue weighted by Gasteiger charge is -2.35. The first kappa shape index (κ1) is 25.5. The first-order valence-electron chi connectivity index (χ1n) is 12.2. The summed E-state index contributed by atoms with van der Waals surface area (Å²) in [6.07, 6.45) is 7.60. The maximum absolute atomic E-state index is 12.9. The van der Waals surface area contributed by atoms with Gasteiger partial charge >= 0.3 is 0 Å². The number of hydrogen-bond donors (Lipinski definition) is 1. The average Bonchev–Trinajstić information content (AvgIpc) is 3.26. The van der Waals surface area contributed by atoms with E-state index in [4.69, 9.17) is 4.74 Å². The predicted octanol–water partition coefficient (Wildman–Crippen LogP) is 4.14. The van der Waals surface area contributed by atoms with E-state index in [-0.39, 0.29) is 17.9 Å². The number of ether oxygens (including phenoxy) is 1. The molecule has 1 unspecified atom stereocenters. The molecule has 1 amide bonds. The van der Waals surface area contributed by atoms with Crippen LogP contribution in [0.3, 0.4) is 0 Å². The smallest absolute Gasteiger partial charge is 0.242 e. The quantitative estimate of drug-likeness (QED) is 0.391. The molecule has 1 aliphatic rings. The van der Waals surface area contributed by atoms with E-state index >= 15 is 0 Å². The number of aryl methyl sites for hydroxylation is 1. The van der Waals surface area contributed by atoms with Crippen LogP contribution in [0.5, 0.6) is 0 Å². The molecule has 0 saturated carbocycles. The van der Waals surface area contributed by atoms with Gasteiger partial charge in [-0.15, -0.1) is 0 Å². The molecule has 0 aliphatic carbocycles. The highest BCUT2D eigenvalue weighted by Crippen LogP contribution is 2.27. The van der Waals surface area contributed by atoms with Gasteiger partial charge in [0.05, 0.1) is 6.04 Å². The van der Waals surface area contributed by atoms with Gasteiger partial charge in [-0.25, -0.2) is 14.6 Å². The predicted molar refractivity (Wildman–Crippen MR) is 134 cm³/mol. The van der Waals surface area contributed by atoms with E-state index < -0.39 is 8.07 Å². The summed E-state index contributed by atoms with van der Waals surface area (Å²) in [4.78, 5) is 24.1. The number of carbonyl (C=O) groups excluding carboxylic acids is 1. The van der Waals surface area contributed by atoms with Crippen LogP contribution in [0, 0.1) is 0 Å². The first-order valence-corrected chi connectivity index (χ1v) is 15.9. The third-order valence-electron chi connectivity index (χ3n) is 6.22.